The van der Waals surface area contributed by atoms with Gasteiger partial charge in [-0.05, 0) is 67.9 Å². The van der Waals surface area contributed by atoms with Crippen molar-refractivity contribution in [1.82, 2.24) is 9.80 Å². The van der Waals surface area contributed by atoms with Crippen molar-refractivity contribution >= 4 is 17.5 Å². The summed E-state index contributed by atoms with van der Waals surface area (Å²) >= 11 is 0. The van der Waals surface area contributed by atoms with Gasteiger partial charge in [-0.15, -0.1) is 0 Å². The molecule has 4 saturated carbocycles. The van der Waals surface area contributed by atoms with Gasteiger partial charge in [0, 0.05) is 32.6 Å². The van der Waals surface area contributed by atoms with Gasteiger partial charge >= 0.3 is 6.18 Å². The van der Waals surface area contributed by atoms with Crippen LogP contribution in [0, 0.1) is 17.3 Å². The quantitative estimate of drug-likeness (QED) is 0.678. The predicted octanol–water partition coefficient (Wildman–Crippen LogP) is 3.51. The van der Waals surface area contributed by atoms with E-state index in [-0.39, 0.29) is 23.6 Å². The zero-order valence-corrected chi connectivity index (χ0v) is 19.2. The van der Waals surface area contributed by atoms with Crippen LogP contribution >= 0.6 is 0 Å². The van der Waals surface area contributed by atoms with E-state index in [2.05, 4.69) is 5.32 Å². The van der Waals surface area contributed by atoms with Crippen LogP contribution in [0.4, 0.5) is 18.9 Å². The number of rotatable bonds is 5. The van der Waals surface area contributed by atoms with Gasteiger partial charge in [0.05, 0.1) is 23.4 Å². The largest absolute Gasteiger partial charge is 0.418 e. The molecule has 2 atom stereocenters. The summed E-state index contributed by atoms with van der Waals surface area (Å²) in [6.45, 7) is 1.98. The maximum absolute atomic E-state index is 13.2. The molecule has 186 valence electrons. The van der Waals surface area contributed by atoms with E-state index in [1.807, 2.05) is 9.80 Å². The number of piperazine rings is 1. The van der Waals surface area contributed by atoms with Crippen molar-refractivity contribution in [2.24, 2.45) is 17.3 Å². The number of carbonyl (C=O) groups is 2. The zero-order chi connectivity index (χ0) is 24.1. The van der Waals surface area contributed by atoms with E-state index in [1.54, 1.807) is 0 Å². The minimum atomic E-state index is -4.54. The first-order chi connectivity index (χ1) is 16.0. The Morgan fingerprint density at radius 2 is 1.68 bits per heavy atom. The first-order valence-electron chi connectivity index (χ1n) is 12.2. The maximum atomic E-state index is 13.2. The Bertz CT molecular complexity index is 944. The van der Waals surface area contributed by atoms with Gasteiger partial charge in [0.25, 0.3) is 0 Å². The molecule has 2 N–H and O–H groups in total. The van der Waals surface area contributed by atoms with Gasteiger partial charge in [0.15, 0.2) is 0 Å². The molecule has 1 saturated heterocycles. The number of hydrogen-bond acceptors (Lipinski definition) is 4. The first-order valence-corrected chi connectivity index (χ1v) is 12.2. The number of para-hydroxylation sites is 1. The number of aliphatic hydroxyl groups is 1. The van der Waals surface area contributed by atoms with Crippen molar-refractivity contribution in [3.05, 3.63) is 29.8 Å². The van der Waals surface area contributed by atoms with Crippen LogP contribution in [0.25, 0.3) is 0 Å². The molecule has 1 aliphatic heterocycles. The molecule has 6 rings (SSSR count). The second kappa shape index (κ2) is 8.52. The first kappa shape index (κ1) is 23.6. The van der Waals surface area contributed by atoms with Crippen molar-refractivity contribution in [3.8, 4) is 0 Å². The van der Waals surface area contributed by atoms with E-state index < -0.39 is 23.2 Å². The van der Waals surface area contributed by atoms with Crippen LogP contribution < -0.4 is 5.32 Å². The lowest BCUT2D eigenvalue weighted by atomic mass is 9.47. The fourth-order valence-electron chi connectivity index (χ4n) is 7.43. The average molecular weight is 480 g/mol. The predicted molar refractivity (Wildman–Crippen MR) is 120 cm³/mol. The molecule has 6 nitrogen and oxygen atoms in total. The molecular weight excluding hydrogens is 447 g/mol. The van der Waals surface area contributed by atoms with Gasteiger partial charge < -0.3 is 15.3 Å². The lowest BCUT2D eigenvalue weighted by molar-refractivity contribution is -0.172. The average Bonchev–Trinajstić information content (AvgIpc) is 2.71. The van der Waals surface area contributed by atoms with Crippen LogP contribution in [0.2, 0.25) is 0 Å². The molecule has 2 amide bonds. The molecule has 1 aromatic carbocycles. The van der Waals surface area contributed by atoms with Gasteiger partial charge in [-0.3, -0.25) is 14.5 Å². The normalized spacial score (nSPS) is 33.2. The molecule has 0 aromatic heterocycles. The fraction of sp³-hybridized carbons (Fsp3) is 0.680. The van der Waals surface area contributed by atoms with E-state index >= 15 is 0 Å². The van der Waals surface area contributed by atoms with Gasteiger partial charge in [0.1, 0.15) is 0 Å². The Labute approximate surface area is 197 Å². The topological polar surface area (TPSA) is 72.9 Å². The van der Waals surface area contributed by atoms with Crippen LogP contribution in [-0.4, -0.2) is 65.0 Å². The third-order valence-corrected chi connectivity index (χ3v) is 8.28. The number of halogens is 3. The second-order valence-corrected chi connectivity index (χ2v) is 11.1. The minimum Gasteiger partial charge on any atom is -0.390 e. The summed E-state index contributed by atoms with van der Waals surface area (Å²) in [4.78, 5) is 29.2. The number of hydrogen-bond donors (Lipinski definition) is 2. The van der Waals surface area contributed by atoms with E-state index in [0.29, 0.717) is 44.4 Å². The lowest BCUT2D eigenvalue weighted by Crippen LogP contribution is -2.57. The summed E-state index contributed by atoms with van der Waals surface area (Å²) in [5, 5.41) is 13.3. The summed E-state index contributed by atoms with van der Waals surface area (Å²) in [7, 11) is 0. The highest BCUT2D eigenvalue weighted by Gasteiger charge is 2.57. The van der Waals surface area contributed by atoms with Crippen molar-refractivity contribution in [3.63, 3.8) is 0 Å². The number of anilines is 1. The maximum Gasteiger partial charge on any atom is 0.418 e. The number of nitrogens with one attached hydrogen (secondary N) is 1. The molecule has 2 unspecified atom stereocenters. The van der Waals surface area contributed by atoms with Crippen molar-refractivity contribution in [1.29, 1.82) is 0 Å². The third kappa shape index (κ3) is 4.82. The van der Waals surface area contributed by atoms with Gasteiger partial charge in [0.2, 0.25) is 11.8 Å². The SMILES string of the molecule is O=C(CN1CCN(C(=O)CC23CC4CC(CC(O)(C4)C2)C3)CC1)Nc1ccccc1C(F)(F)F. The van der Waals surface area contributed by atoms with E-state index in [9.17, 15) is 27.9 Å². The highest BCUT2D eigenvalue weighted by atomic mass is 19.4. The molecule has 5 aliphatic rings. The molecule has 1 heterocycles. The monoisotopic (exact) mass is 479 g/mol. The Morgan fingerprint density at radius 1 is 1.03 bits per heavy atom. The van der Waals surface area contributed by atoms with E-state index in [0.717, 1.165) is 38.2 Å². The summed E-state index contributed by atoms with van der Waals surface area (Å²) in [5.41, 5.74) is -1.76. The molecule has 4 bridgehead atoms. The van der Waals surface area contributed by atoms with Crippen molar-refractivity contribution < 1.29 is 27.9 Å². The number of amides is 2. The van der Waals surface area contributed by atoms with E-state index in [4.69, 9.17) is 0 Å². The fourth-order valence-corrected chi connectivity index (χ4v) is 7.43. The third-order valence-electron chi connectivity index (χ3n) is 8.28. The standard InChI is InChI=1S/C25H32F3N3O3/c26-25(27,28)19-3-1-2-4-20(19)29-21(32)15-30-5-7-31(8-6-30)22(33)14-23-10-17-9-18(11-23)13-24(34,12-17)16-23/h1-4,17-18,34H,5-16H2,(H,29,32). The Balaban J connectivity index is 1.12. The molecule has 9 heteroatoms. The van der Waals surface area contributed by atoms with Crippen molar-refractivity contribution in [2.75, 3.05) is 38.0 Å². The smallest absolute Gasteiger partial charge is 0.390 e. The van der Waals surface area contributed by atoms with Crippen LogP contribution in [0.3, 0.4) is 0 Å². The summed E-state index contributed by atoms with van der Waals surface area (Å²) in [6, 6.07) is 4.94. The van der Waals surface area contributed by atoms with Crippen LogP contribution in [0.15, 0.2) is 24.3 Å². The zero-order valence-electron chi connectivity index (χ0n) is 19.2. The van der Waals surface area contributed by atoms with Crippen LogP contribution in [-0.2, 0) is 15.8 Å². The highest BCUT2D eigenvalue weighted by molar-refractivity contribution is 5.93. The Morgan fingerprint density at radius 3 is 2.29 bits per heavy atom. The van der Waals surface area contributed by atoms with Gasteiger partial charge in [-0.1, -0.05) is 12.1 Å². The number of benzene rings is 1. The highest BCUT2D eigenvalue weighted by Crippen LogP contribution is 2.62. The number of nitrogens with zero attached hydrogens (tertiary/aromatic N) is 2. The molecular formula is C25H32F3N3O3. The Kier molecular flexibility index (Phi) is 5.91. The molecule has 0 spiro atoms. The van der Waals surface area contributed by atoms with Crippen LogP contribution in [0.1, 0.15) is 50.5 Å². The molecule has 0 radical (unpaired) electrons. The molecule has 34 heavy (non-hydrogen) atoms. The van der Waals surface area contributed by atoms with Gasteiger partial charge in [-0.2, -0.15) is 13.2 Å². The van der Waals surface area contributed by atoms with E-state index in [1.165, 1.54) is 24.6 Å². The number of alkyl halides is 3. The molecule has 5 fully saturated rings. The molecule has 4 aliphatic carbocycles. The van der Waals surface area contributed by atoms with Crippen molar-refractivity contribution in [2.45, 2.75) is 56.7 Å². The summed E-state index contributed by atoms with van der Waals surface area (Å²) < 4.78 is 39.5. The second-order valence-electron chi connectivity index (χ2n) is 11.1. The minimum absolute atomic E-state index is 0.0193. The summed E-state index contributed by atoms with van der Waals surface area (Å²) in [5.74, 6) is 0.695. The number of carbonyl (C=O) groups excluding carboxylic acids is 2. The van der Waals surface area contributed by atoms with Crippen LogP contribution in [0.5, 0.6) is 0 Å². The Hall–Kier alpha value is -2.13. The molecule has 1 aromatic rings. The summed E-state index contributed by atoms with van der Waals surface area (Å²) in [6.07, 6.45) is 1.71. The van der Waals surface area contributed by atoms with Gasteiger partial charge in [-0.25, -0.2) is 0 Å². The lowest BCUT2D eigenvalue weighted by Gasteiger charge is -2.60.